The zero-order valence-electron chi connectivity index (χ0n) is 13.2. The van der Waals surface area contributed by atoms with Gasteiger partial charge in [0.2, 0.25) is 0 Å². The molecule has 0 aliphatic carbocycles. The number of likely N-dealkylation sites (tertiary alicyclic amines) is 1. The highest BCUT2D eigenvalue weighted by atomic mass is 16.3. The van der Waals surface area contributed by atoms with Crippen LogP contribution < -0.4 is 5.56 Å². The van der Waals surface area contributed by atoms with Crippen LogP contribution in [-0.4, -0.2) is 36.9 Å². The van der Waals surface area contributed by atoms with E-state index in [2.05, 4.69) is 15.1 Å². The minimum atomic E-state index is -0.227. The first-order valence-corrected chi connectivity index (χ1v) is 7.93. The number of H-pyrrole nitrogens is 1. The van der Waals surface area contributed by atoms with Crippen LogP contribution in [0.25, 0.3) is 5.65 Å². The Bertz CT molecular complexity index is 954. The fraction of sp³-hybridized carbons (Fsp3) is 0.375. The summed E-state index contributed by atoms with van der Waals surface area (Å²) in [7, 11) is 0. The van der Waals surface area contributed by atoms with E-state index in [0.717, 1.165) is 19.3 Å². The van der Waals surface area contributed by atoms with Gasteiger partial charge in [-0.2, -0.15) is 0 Å². The molecule has 1 aliphatic rings. The normalized spacial score (nSPS) is 18.2. The molecule has 0 spiro atoms. The molecule has 1 N–H and O–H groups in total. The van der Waals surface area contributed by atoms with Gasteiger partial charge in [-0.05, 0) is 26.2 Å². The highest BCUT2D eigenvalue weighted by Crippen LogP contribution is 2.31. The SMILES string of the molecule is Cc1ocnc1C(=O)N1CCCC[C@H]1c1cc(=O)n2[nH]ccc2n1. The standard InChI is InChI=1S/C16H17N5O3/c1-10-15(17-9-24-10)16(23)20-7-3-2-4-12(20)11-8-14(22)21-13(19-11)5-6-18-21/h5-6,8-9,12,18H,2-4,7H2,1H3/t12-/m0/s1. The molecule has 4 heterocycles. The van der Waals surface area contributed by atoms with E-state index in [1.807, 2.05) is 0 Å². The maximum absolute atomic E-state index is 12.9. The van der Waals surface area contributed by atoms with E-state index >= 15 is 0 Å². The van der Waals surface area contributed by atoms with Crippen molar-refractivity contribution >= 4 is 11.6 Å². The summed E-state index contributed by atoms with van der Waals surface area (Å²) in [5.41, 5.74) is 1.30. The van der Waals surface area contributed by atoms with Crippen molar-refractivity contribution in [3.8, 4) is 0 Å². The molecule has 1 saturated heterocycles. The highest BCUT2D eigenvalue weighted by Gasteiger charge is 2.32. The largest absolute Gasteiger partial charge is 0.448 e. The number of hydrogen-bond donors (Lipinski definition) is 1. The van der Waals surface area contributed by atoms with Crippen LogP contribution in [0.15, 0.2) is 33.9 Å². The highest BCUT2D eigenvalue weighted by molar-refractivity contribution is 5.93. The molecule has 8 heteroatoms. The van der Waals surface area contributed by atoms with E-state index in [1.54, 1.807) is 24.1 Å². The van der Waals surface area contributed by atoms with Gasteiger partial charge in [0.15, 0.2) is 17.7 Å². The van der Waals surface area contributed by atoms with E-state index in [9.17, 15) is 9.59 Å². The molecule has 1 atom stereocenters. The van der Waals surface area contributed by atoms with E-state index in [4.69, 9.17) is 4.42 Å². The molecule has 0 unspecified atom stereocenters. The van der Waals surface area contributed by atoms with Gasteiger partial charge in [-0.1, -0.05) is 0 Å². The number of aromatic amines is 1. The molecule has 8 nitrogen and oxygen atoms in total. The Kier molecular flexibility index (Phi) is 3.44. The third-order valence-corrected chi connectivity index (χ3v) is 4.45. The number of hydrogen-bond acceptors (Lipinski definition) is 5. The third-order valence-electron chi connectivity index (χ3n) is 4.45. The van der Waals surface area contributed by atoms with Gasteiger partial charge in [0.25, 0.3) is 11.5 Å². The summed E-state index contributed by atoms with van der Waals surface area (Å²) in [6.45, 7) is 2.33. The number of nitrogens with one attached hydrogen (secondary N) is 1. The van der Waals surface area contributed by atoms with Crippen LogP contribution in [0, 0.1) is 6.92 Å². The average Bonchev–Trinajstić information content (AvgIpc) is 3.23. The first kappa shape index (κ1) is 14.7. The smallest absolute Gasteiger partial charge is 0.276 e. The maximum Gasteiger partial charge on any atom is 0.276 e. The number of oxazole rings is 1. The van der Waals surface area contributed by atoms with E-state index in [0.29, 0.717) is 29.3 Å². The Labute approximate surface area is 137 Å². The number of rotatable bonds is 2. The Hall–Kier alpha value is -2.90. The van der Waals surface area contributed by atoms with Gasteiger partial charge in [0.1, 0.15) is 5.76 Å². The Morgan fingerprint density at radius 1 is 1.42 bits per heavy atom. The fourth-order valence-electron chi connectivity index (χ4n) is 3.25. The summed E-state index contributed by atoms with van der Waals surface area (Å²) in [4.78, 5) is 35.4. The van der Waals surface area contributed by atoms with Crippen LogP contribution in [0.5, 0.6) is 0 Å². The summed E-state index contributed by atoms with van der Waals surface area (Å²) < 4.78 is 6.53. The molecule has 3 aromatic heterocycles. The molecule has 1 aliphatic heterocycles. The lowest BCUT2D eigenvalue weighted by molar-refractivity contribution is 0.0599. The van der Waals surface area contributed by atoms with Crippen molar-refractivity contribution in [3.63, 3.8) is 0 Å². The van der Waals surface area contributed by atoms with Crippen molar-refractivity contribution < 1.29 is 9.21 Å². The second-order valence-electron chi connectivity index (χ2n) is 5.94. The van der Waals surface area contributed by atoms with Crippen molar-refractivity contribution in [1.82, 2.24) is 24.5 Å². The second kappa shape index (κ2) is 5.63. The number of fused-ring (bicyclic) bond motifs is 1. The van der Waals surface area contributed by atoms with Crippen molar-refractivity contribution in [3.05, 3.63) is 52.2 Å². The molecule has 0 saturated carbocycles. The number of carbonyl (C=O) groups is 1. The summed E-state index contributed by atoms with van der Waals surface area (Å²) in [5.74, 6) is 0.320. The van der Waals surface area contributed by atoms with Crippen LogP contribution in [0.3, 0.4) is 0 Å². The Balaban J connectivity index is 1.74. The lowest BCUT2D eigenvalue weighted by Gasteiger charge is -2.34. The Morgan fingerprint density at radius 2 is 2.29 bits per heavy atom. The quantitative estimate of drug-likeness (QED) is 0.772. The van der Waals surface area contributed by atoms with Gasteiger partial charge in [-0.15, -0.1) is 0 Å². The summed E-state index contributed by atoms with van der Waals surface area (Å²) in [6, 6.07) is 3.01. The lowest BCUT2D eigenvalue weighted by atomic mass is 9.98. The second-order valence-corrected chi connectivity index (χ2v) is 5.94. The number of nitrogens with zero attached hydrogens (tertiary/aromatic N) is 4. The van der Waals surface area contributed by atoms with Gasteiger partial charge < -0.3 is 9.32 Å². The van der Waals surface area contributed by atoms with Gasteiger partial charge in [-0.3, -0.25) is 14.7 Å². The number of piperidine rings is 1. The topological polar surface area (TPSA) is 96.5 Å². The lowest BCUT2D eigenvalue weighted by Crippen LogP contribution is -2.39. The molecular formula is C16H17N5O3. The van der Waals surface area contributed by atoms with Gasteiger partial charge >= 0.3 is 0 Å². The van der Waals surface area contributed by atoms with Crippen molar-refractivity contribution in [1.29, 1.82) is 0 Å². The van der Waals surface area contributed by atoms with Crippen molar-refractivity contribution in [2.45, 2.75) is 32.2 Å². The number of aryl methyl sites for hydroxylation is 1. The summed E-state index contributed by atoms with van der Waals surface area (Å²) in [6.07, 6.45) is 5.62. The molecule has 3 aromatic rings. The van der Waals surface area contributed by atoms with Crippen LogP contribution in [0.1, 0.15) is 47.2 Å². The number of amides is 1. The summed E-state index contributed by atoms with van der Waals surface area (Å²) >= 11 is 0. The summed E-state index contributed by atoms with van der Waals surface area (Å²) in [5, 5.41) is 2.82. The molecule has 124 valence electrons. The number of aromatic nitrogens is 4. The minimum Gasteiger partial charge on any atom is -0.448 e. The van der Waals surface area contributed by atoms with Crippen LogP contribution in [-0.2, 0) is 0 Å². The molecule has 1 amide bonds. The molecule has 0 bridgehead atoms. The zero-order valence-corrected chi connectivity index (χ0v) is 13.2. The van der Waals surface area contributed by atoms with Crippen LogP contribution in [0.2, 0.25) is 0 Å². The number of carbonyl (C=O) groups excluding carboxylic acids is 1. The zero-order chi connectivity index (χ0) is 16.7. The van der Waals surface area contributed by atoms with E-state index in [1.165, 1.54) is 17.0 Å². The molecule has 4 rings (SSSR count). The molecule has 1 fully saturated rings. The first-order chi connectivity index (χ1) is 11.6. The first-order valence-electron chi connectivity index (χ1n) is 7.93. The van der Waals surface area contributed by atoms with Crippen LogP contribution >= 0.6 is 0 Å². The van der Waals surface area contributed by atoms with E-state index in [-0.39, 0.29) is 17.5 Å². The minimum absolute atomic E-state index is 0.179. The predicted octanol–water partition coefficient (Wildman–Crippen LogP) is 1.69. The van der Waals surface area contributed by atoms with E-state index < -0.39 is 0 Å². The van der Waals surface area contributed by atoms with Gasteiger partial charge in [-0.25, -0.2) is 14.5 Å². The molecular weight excluding hydrogens is 310 g/mol. The molecule has 0 aromatic carbocycles. The van der Waals surface area contributed by atoms with Crippen molar-refractivity contribution in [2.75, 3.05) is 6.54 Å². The van der Waals surface area contributed by atoms with Crippen molar-refractivity contribution in [2.24, 2.45) is 0 Å². The Morgan fingerprint density at radius 3 is 3.08 bits per heavy atom. The van der Waals surface area contributed by atoms with Crippen LogP contribution in [0.4, 0.5) is 0 Å². The van der Waals surface area contributed by atoms with Gasteiger partial charge in [0.05, 0.1) is 11.7 Å². The fourth-order valence-corrected chi connectivity index (χ4v) is 3.25. The third kappa shape index (κ3) is 2.31. The van der Waals surface area contributed by atoms with Gasteiger partial charge in [0, 0.05) is 24.9 Å². The molecule has 24 heavy (non-hydrogen) atoms. The average molecular weight is 327 g/mol. The monoisotopic (exact) mass is 327 g/mol. The predicted molar refractivity (Wildman–Crippen MR) is 84.7 cm³/mol. The maximum atomic E-state index is 12.9. The molecule has 0 radical (unpaired) electrons.